The van der Waals surface area contributed by atoms with E-state index >= 15 is 0 Å². The minimum Gasteiger partial charge on any atom is -0.375 e. The first-order valence-corrected chi connectivity index (χ1v) is 10.2. The Morgan fingerprint density at radius 3 is 3.00 bits per heavy atom. The number of likely N-dealkylation sites (tertiary alicyclic amines) is 1. The van der Waals surface area contributed by atoms with E-state index in [4.69, 9.17) is 5.73 Å². The number of thiazole rings is 1. The molecule has 1 saturated heterocycles. The van der Waals surface area contributed by atoms with Gasteiger partial charge in [0.15, 0.2) is 5.13 Å². The molecule has 0 saturated carbocycles. The van der Waals surface area contributed by atoms with Crippen molar-refractivity contribution in [1.82, 2.24) is 25.5 Å². The molecule has 2 aromatic heterocycles. The molecule has 148 valence electrons. The van der Waals surface area contributed by atoms with Gasteiger partial charge in [-0.1, -0.05) is 6.07 Å². The Morgan fingerprint density at radius 1 is 1.36 bits per heavy atom. The molecule has 3 atom stereocenters. The number of pyridine rings is 1. The highest BCUT2D eigenvalue weighted by molar-refractivity contribution is 7.15. The van der Waals surface area contributed by atoms with Crippen LogP contribution in [0.4, 0.5) is 9.93 Å². The number of nitrogens with zero attached hydrogens (tertiary/aromatic N) is 3. The van der Waals surface area contributed by atoms with Crippen LogP contribution in [0.25, 0.3) is 0 Å². The molecule has 1 fully saturated rings. The standard InChI is InChI=1S/C19H24N6O2S/c1-25-10-12(6-11-7-14-16(8-15(11)25)28-18(20)23-14)17(26)24-19(27)22-9-13-4-2-3-5-21-13/h2-5,11-12,15H,6-10H2,1H3,(H2,20,23)(H2,22,24,26,27)/t11-,12-,15-/m1/s1. The monoisotopic (exact) mass is 400 g/mol. The zero-order valence-electron chi connectivity index (χ0n) is 15.7. The fourth-order valence-corrected chi connectivity index (χ4v) is 5.17. The van der Waals surface area contributed by atoms with Crippen molar-refractivity contribution in [3.05, 3.63) is 40.7 Å². The number of likely N-dealkylation sites (N-methyl/N-ethyl adjacent to an activating group) is 1. The third-order valence-corrected chi connectivity index (χ3v) is 6.56. The summed E-state index contributed by atoms with van der Waals surface area (Å²) in [5.74, 6) is -0.100. The van der Waals surface area contributed by atoms with Gasteiger partial charge in [0.1, 0.15) is 0 Å². The van der Waals surface area contributed by atoms with Crippen molar-refractivity contribution in [3.63, 3.8) is 0 Å². The number of aromatic nitrogens is 2. The lowest BCUT2D eigenvalue weighted by molar-refractivity contribution is -0.127. The van der Waals surface area contributed by atoms with E-state index in [1.165, 1.54) is 4.88 Å². The maximum atomic E-state index is 12.6. The minimum absolute atomic E-state index is 0.218. The summed E-state index contributed by atoms with van der Waals surface area (Å²) in [5, 5.41) is 5.78. The quantitative estimate of drug-likeness (QED) is 0.713. The fraction of sp³-hybridized carbons (Fsp3) is 0.474. The van der Waals surface area contributed by atoms with Gasteiger partial charge in [-0.15, -0.1) is 11.3 Å². The lowest BCUT2D eigenvalue weighted by Gasteiger charge is -2.44. The Bertz CT molecular complexity index is 871. The van der Waals surface area contributed by atoms with Gasteiger partial charge < -0.3 is 16.0 Å². The molecule has 1 aliphatic heterocycles. The summed E-state index contributed by atoms with van der Waals surface area (Å²) in [5.41, 5.74) is 7.68. The number of imide groups is 1. The van der Waals surface area contributed by atoms with Crippen molar-refractivity contribution >= 4 is 28.4 Å². The smallest absolute Gasteiger partial charge is 0.321 e. The fourth-order valence-electron chi connectivity index (χ4n) is 4.26. The number of nitrogen functional groups attached to an aromatic ring is 1. The Labute approximate surface area is 167 Å². The molecule has 2 aromatic rings. The van der Waals surface area contributed by atoms with Gasteiger partial charge in [-0.25, -0.2) is 9.78 Å². The molecule has 0 spiro atoms. The van der Waals surface area contributed by atoms with E-state index in [0.717, 1.165) is 30.7 Å². The predicted molar refractivity (Wildman–Crippen MR) is 107 cm³/mol. The number of fused-ring (bicyclic) bond motifs is 2. The molecule has 3 amide bonds. The maximum Gasteiger partial charge on any atom is 0.321 e. The number of urea groups is 1. The summed E-state index contributed by atoms with van der Waals surface area (Å²) in [6.45, 7) is 0.924. The summed E-state index contributed by atoms with van der Waals surface area (Å²) in [4.78, 5) is 36.8. The van der Waals surface area contributed by atoms with E-state index in [1.807, 2.05) is 25.2 Å². The van der Waals surface area contributed by atoms with Crippen molar-refractivity contribution in [1.29, 1.82) is 0 Å². The average Bonchev–Trinajstić information content (AvgIpc) is 3.04. The number of carbonyl (C=O) groups excluding carboxylic acids is 2. The van der Waals surface area contributed by atoms with Crippen LogP contribution in [0.15, 0.2) is 24.4 Å². The van der Waals surface area contributed by atoms with Gasteiger partial charge >= 0.3 is 6.03 Å². The van der Waals surface area contributed by atoms with E-state index < -0.39 is 6.03 Å². The molecular formula is C19H24N6O2S. The van der Waals surface area contributed by atoms with E-state index in [1.54, 1.807) is 17.5 Å². The molecule has 4 N–H and O–H groups in total. The number of nitrogens with two attached hydrogens (primary N) is 1. The SMILES string of the molecule is CN1C[C@H](C(=O)NC(=O)NCc2ccccn2)C[C@@H]2Cc3nc(N)sc3C[C@H]21. The summed E-state index contributed by atoms with van der Waals surface area (Å²) < 4.78 is 0. The third-order valence-electron chi connectivity index (χ3n) is 5.61. The first kappa shape index (κ1) is 18.8. The zero-order valence-corrected chi connectivity index (χ0v) is 16.5. The third kappa shape index (κ3) is 4.00. The molecule has 8 nitrogen and oxygen atoms in total. The van der Waals surface area contributed by atoms with Crippen LogP contribution in [0.2, 0.25) is 0 Å². The van der Waals surface area contributed by atoms with Crippen LogP contribution in [-0.4, -0.2) is 46.4 Å². The zero-order chi connectivity index (χ0) is 19.7. The predicted octanol–water partition coefficient (Wildman–Crippen LogP) is 1.18. The van der Waals surface area contributed by atoms with Crippen molar-refractivity contribution in [2.24, 2.45) is 11.8 Å². The number of hydrogen-bond acceptors (Lipinski definition) is 7. The highest BCUT2D eigenvalue weighted by Crippen LogP contribution is 2.38. The van der Waals surface area contributed by atoms with Crippen LogP contribution in [0.1, 0.15) is 22.7 Å². The number of anilines is 1. The Hall–Kier alpha value is -2.52. The lowest BCUT2D eigenvalue weighted by atomic mass is 9.76. The van der Waals surface area contributed by atoms with Crippen LogP contribution in [0.5, 0.6) is 0 Å². The van der Waals surface area contributed by atoms with E-state index in [0.29, 0.717) is 23.6 Å². The first-order chi connectivity index (χ1) is 13.5. The second-order valence-corrected chi connectivity index (χ2v) is 8.64. The normalized spacial score (nSPS) is 24.1. The van der Waals surface area contributed by atoms with Crippen molar-refractivity contribution < 1.29 is 9.59 Å². The molecule has 4 rings (SSSR count). The summed E-state index contributed by atoms with van der Waals surface area (Å²) >= 11 is 1.57. The number of hydrogen-bond donors (Lipinski definition) is 3. The van der Waals surface area contributed by atoms with Gasteiger partial charge in [0.25, 0.3) is 0 Å². The highest BCUT2D eigenvalue weighted by Gasteiger charge is 2.41. The summed E-state index contributed by atoms with van der Waals surface area (Å²) in [6, 6.07) is 5.40. The molecule has 2 aliphatic rings. The van der Waals surface area contributed by atoms with Gasteiger partial charge in [-0.05, 0) is 44.4 Å². The van der Waals surface area contributed by atoms with Gasteiger partial charge in [0, 0.05) is 23.7 Å². The molecule has 0 unspecified atom stereocenters. The average molecular weight is 401 g/mol. The second-order valence-electron chi connectivity index (χ2n) is 7.52. The molecule has 0 aromatic carbocycles. The first-order valence-electron chi connectivity index (χ1n) is 9.42. The van der Waals surface area contributed by atoms with Crippen molar-refractivity contribution in [2.75, 3.05) is 19.3 Å². The molecule has 3 heterocycles. The van der Waals surface area contributed by atoms with E-state index in [2.05, 4.69) is 25.5 Å². The molecule has 28 heavy (non-hydrogen) atoms. The highest BCUT2D eigenvalue weighted by atomic mass is 32.1. The molecule has 9 heteroatoms. The molecule has 0 radical (unpaired) electrons. The van der Waals surface area contributed by atoms with Crippen LogP contribution in [0.3, 0.4) is 0 Å². The van der Waals surface area contributed by atoms with Gasteiger partial charge in [0.05, 0.1) is 23.9 Å². The van der Waals surface area contributed by atoms with Gasteiger partial charge in [0.2, 0.25) is 5.91 Å². The molecule has 1 aliphatic carbocycles. The largest absolute Gasteiger partial charge is 0.375 e. The minimum atomic E-state index is -0.487. The molecule has 0 bridgehead atoms. The van der Waals surface area contributed by atoms with Crippen LogP contribution < -0.4 is 16.4 Å². The van der Waals surface area contributed by atoms with Crippen LogP contribution >= 0.6 is 11.3 Å². The van der Waals surface area contributed by atoms with Crippen molar-refractivity contribution in [3.8, 4) is 0 Å². The Morgan fingerprint density at radius 2 is 2.21 bits per heavy atom. The topological polar surface area (TPSA) is 113 Å². The van der Waals surface area contributed by atoms with E-state index in [9.17, 15) is 9.59 Å². The Kier molecular flexibility index (Phi) is 5.27. The van der Waals surface area contributed by atoms with Gasteiger partial charge in [-0.2, -0.15) is 0 Å². The van der Waals surface area contributed by atoms with Crippen molar-refractivity contribution in [2.45, 2.75) is 31.8 Å². The Balaban J connectivity index is 1.33. The summed E-state index contributed by atoms with van der Waals surface area (Å²) in [7, 11) is 2.05. The number of piperidine rings is 1. The maximum absolute atomic E-state index is 12.6. The number of carbonyl (C=O) groups is 2. The number of amides is 3. The number of rotatable bonds is 3. The van der Waals surface area contributed by atoms with Gasteiger partial charge in [-0.3, -0.25) is 15.1 Å². The number of nitrogens with one attached hydrogen (secondary N) is 2. The van der Waals surface area contributed by atoms with E-state index in [-0.39, 0.29) is 18.4 Å². The van der Waals surface area contributed by atoms with Crippen LogP contribution in [0, 0.1) is 11.8 Å². The van der Waals surface area contributed by atoms with Crippen LogP contribution in [-0.2, 0) is 24.2 Å². The second kappa shape index (κ2) is 7.84. The summed E-state index contributed by atoms with van der Waals surface area (Å²) in [6.07, 6.45) is 4.20. The molecular weight excluding hydrogens is 376 g/mol. The lowest BCUT2D eigenvalue weighted by Crippen LogP contribution is -2.54.